The molecule has 0 saturated carbocycles. The van der Waals surface area contributed by atoms with Gasteiger partial charge in [0, 0.05) is 37.2 Å². The molecule has 94 valence electrons. The van der Waals surface area contributed by atoms with Gasteiger partial charge in [-0.15, -0.1) is 0 Å². The molecule has 1 aromatic carbocycles. The van der Waals surface area contributed by atoms with E-state index in [4.69, 9.17) is 11.6 Å². The molecule has 0 bridgehead atoms. The molecule has 1 N–H and O–H groups in total. The van der Waals surface area contributed by atoms with Gasteiger partial charge in [-0.2, -0.15) is 0 Å². The second-order valence-electron chi connectivity index (χ2n) is 4.47. The Morgan fingerprint density at radius 2 is 2.35 bits per heavy atom. The topological polar surface area (TPSA) is 15.3 Å². The minimum Gasteiger partial charge on any atom is -0.314 e. The van der Waals surface area contributed by atoms with Crippen molar-refractivity contribution >= 4 is 11.6 Å². The molecule has 2 nitrogen and oxygen atoms in total. The highest BCUT2D eigenvalue weighted by atomic mass is 35.5. The summed E-state index contributed by atoms with van der Waals surface area (Å²) >= 11 is 6.06. The van der Waals surface area contributed by atoms with Crippen LogP contribution in [-0.2, 0) is 6.54 Å². The largest absolute Gasteiger partial charge is 0.314 e. The van der Waals surface area contributed by atoms with Gasteiger partial charge in [0.2, 0.25) is 0 Å². The van der Waals surface area contributed by atoms with Crippen LogP contribution in [0.15, 0.2) is 18.2 Å². The first-order valence-electron chi connectivity index (χ1n) is 6.09. The van der Waals surface area contributed by atoms with Crippen LogP contribution in [0, 0.1) is 5.82 Å². The van der Waals surface area contributed by atoms with E-state index in [1.54, 1.807) is 6.07 Å². The number of benzene rings is 1. The maximum atomic E-state index is 13.0. The van der Waals surface area contributed by atoms with Gasteiger partial charge in [-0.3, -0.25) is 4.90 Å². The first kappa shape index (κ1) is 12.8. The fourth-order valence-corrected chi connectivity index (χ4v) is 2.51. The van der Waals surface area contributed by atoms with E-state index in [0.29, 0.717) is 11.1 Å². The van der Waals surface area contributed by atoms with Gasteiger partial charge < -0.3 is 5.32 Å². The van der Waals surface area contributed by atoms with Gasteiger partial charge in [0.05, 0.1) is 0 Å². The molecule has 2 rings (SSSR count). The highest BCUT2D eigenvalue weighted by molar-refractivity contribution is 6.31. The first-order chi connectivity index (χ1) is 8.20. The van der Waals surface area contributed by atoms with Crippen molar-refractivity contribution in [2.24, 2.45) is 0 Å². The minimum atomic E-state index is -0.272. The van der Waals surface area contributed by atoms with Crippen molar-refractivity contribution in [3.8, 4) is 0 Å². The Kier molecular flexibility index (Phi) is 4.37. The van der Waals surface area contributed by atoms with Crippen LogP contribution < -0.4 is 5.32 Å². The Balaban J connectivity index is 2.08. The monoisotopic (exact) mass is 256 g/mol. The highest BCUT2D eigenvalue weighted by Crippen LogP contribution is 2.21. The fourth-order valence-electron chi connectivity index (χ4n) is 2.28. The lowest BCUT2D eigenvalue weighted by molar-refractivity contribution is 0.149. The third-order valence-electron chi connectivity index (χ3n) is 3.33. The molecule has 1 heterocycles. The predicted octanol–water partition coefficient (Wildman–Crippen LogP) is 2.66. The van der Waals surface area contributed by atoms with Crippen LogP contribution in [0.25, 0.3) is 0 Å². The van der Waals surface area contributed by atoms with Crippen LogP contribution in [0.3, 0.4) is 0 Å². The third-order valence-corrected chi connectivity index (χ3v) is 3.68. The van der Waals surface area contributed by atoms with Gasteiger partial charge in [0.1, 0.15) is 5.82 Å². The molecule has 0 amide bonds. The summed E-state index contributed by atoms with van der Waals surface area (Å²) in [6.45, 7) is 6.05. The van der Waals surface area contributed by atoms with Gasteiger partial charge in [0.25, 0.3) is 0 Å². The van der Waals surface area contributed by atoms with E-state index in [1.165, 1.54) is 12.1 Å². The molecular formula is C13H18ClFN2. The van der Waals surface area contributed by atoms with Crippen LogP contribution in [0.2, 0.25) is 5.02 Å². The predicted molar refractivity (Wildman–Crippen MR) is 68.8 cm³/mol. The van der Waals surface area contributed by atoms with Crippen LogP contribution >= 0.6 is 11.6 Å². The van der Waals surface area contributed by atoms with E-state index < -0.39 is 0 Å². The minimum absolute atomic E-state index is 0.272. The SMILES string of the molecule is CCC1CNCCN1Cc1ccc(F)cc1Cl. The van der Waals surface area contributed by atoms with E-state index in [-0.39, 0.29) is 5.82 Å². The number of hydrogen-bond acceptors (Lipinski definition) is 2. The summed E-state index contributed by atoms with van der Waals surface area (Å²) in [5.74, 6) is -0.272. The first-order valence-corrected chi connectivity index (χ1v) is 6.47. The number of nitrogens with one attached hydrogen (secondary N) is 1. The molecule has 1 aliphatic heterocycles. The van der Waals surface area contributed by atoms with Crippen molar-refractivity contribution in [3.05, 3.63) is 34.6 Å². The molecule has 1 unspecified atom stereocenters. The highest BCUT2D eigenvalue weighted by Gasteiger charge is 2.21. The van der Waals surface area contributed by atoms with Crippen LogP contribution in [0.5, 0.6) is 0 Å². The second kappa shape index (κ2) is 5.80. The Morgan fingerprint density at radius 1 is 1.53 bits per heavy atom. The molecular weight excluding hydrogens is 239 g/mol. The summed E-state index contributed by atoms with van der Waals surface area (Å²) in [5, 5.41) is 3.92. The molecule has 4 heteroatoms. The van der Waals surface area contributed by atoms with Crippen molar-refractivity contribution in [1.82, 2.24) is 10.2 Å². The van der Waals surface area contributed by atoms with Crippen molar-refractivity contribution in [3.63, 3.8) is 0 Å². The van der Waals surface area contributed by atoms with E-state index in [0.717, 1.165) is 38.2 Å². The zero-order valence-electron chi connectivity index (χ0n) is 10.0. The maximum Gasteiger partial charge on any atom is 0.124 e. The lowest BCUT2D eigenvalue weighted by Crippen LogP contribution is -2.50. The number of rotatable bonds is 3. The molecule has 1 saturated heterocycles. The third kappa shape index (κ3) is 3.18. The molecule has 1 aromatic rings. The Morgan fingerprint density at radius 3 is 3.06 bits per heavy atom. The van der Waals surface area contributed by atoms with E-state index in [2.05, 4.69) is 17.1 Å². The zero-order valence-corrected chi connectivity index (χ0v) is 10.8. The second-order valence-corrected chi connectivity index (χ2v) is 4.88. The maximum absolute atomic E-state index is 13.0. The smallest absolute Gasteiger partial charge is 0.124 e. The Hall–Kier alpha value is -0.640. The summed E-state index contributed by atoms with van der Waals surface area (Å²) in [5.41, 5.74) is 1.01. The number of hydrogen-bond donors (Lipinski definition) is 1. The van der Waals surface area contributed by atoms with Crippen LogP contribution in [0.4, 0.5) is 4.39 Å². The van der Waals surface area contributed by atoms with Crippen LogP contribution in [-0.4, -0.2) is 30.6 Å². The molecule has 0 aliphatic carbocycles. The number of halogens is 2. The van der Waals surface area contributed by atoms with Gasteiger partial charge in [-0.25, -0.2) is 4.39 Å². The van der Waals surface area contributed by atoms with Gasteiger partial charge in [0.15, 0.2) is 0 Å². The zero-order chi connectivity index (χ0) is 12.3. The van der Waals surface area contributed by atoms with Gasteiger partial charge in [-0.1, -0.05) is 24.6 Å². The van der Waals surface area contributed by atoms with E-state index in [1.807, 2.05) is 0 Å². The number of nitrogens with zero attached hydrogens (tertiary/aromatic N) is 1. The summed E-state index contributed by atoms with van der Waals surface area (Å²) in [4.78, 5) is 2.41. The van der Waals surface area contributed by atoms with Crippen molar-refractivity contribution in [1.29, 1.82) is 0 Å². The van der Waals surface area contributed by atoms with E-state index >= 15 is 0 Å². The molecule has 1 fully saturated rings. The molecule has 1 aliphatic rings. The molecule has 0 radical (unpaired) electrons. The summed E-state index contributed by atoms with van der Waals surface area (Å²) in [6, 6.07) is 5.20. The molecule has 17 heavy (non-hydrogen) atoms. The van der Waals surface area contributed by atoms with Crippen molar-refractivity contribution in [2.45, 2.75) is 25.9 Å². The Bertz CT molecular complexity index is 384. The summed E-state index contributed by atoms with van der Waals surface area (Å²) in [7, 11) is 0. The van der Waals surface area contributed by atoms with Crippen molar-refractivity contribution < 1.29 is 4.39 Å². The average Bonchev–Trinajstić information content (AvgIpc) is 2.33. The molecule has 0 aromatic heterocycles. The van der Waals surface area contributed by atoms with Gasteiger partial charge >= 0.3 is 0 Å². The molecule has 0 spiro atoms. The average molecular weight is 257 g/mol. The number of piperazine rings is 1. The van der Waals surface area contributed by atoms with Gasteiger partial charge in [-0.05, 0) is 24.1 Å². The van der Waals surface area contributed by atoms with Crippen molar-refractivity contribution in [2.75, 3.05) is 19.6 Å². The lowest BCUT2D eigenvalue weighted by atomic mass is 10.1. The fraction of sp³-hybridized carbons (Fsp3) is 0.538. The summed E-state index contributed by atoms with van der Waals surface area (Å²) < 4.78 is 13.0. The summed E-state index contributed by atoms with van der Waals surface area (Å²) in [6.07, 6.45) is 1.12. The molecule has 1 atom stereocenters. The Labute approximate surface area is 107 Å². The standard InChI is InChI=1S/C13H18ClFN2/c1-2-12-8-16-5-6-17(12)9-10-3-4-11(15)7-13(10)14/h3-4,7,12,16H,2,5-6,8-9H2,1H3. The van der Waals surface area contributed by atoms with Crippen LogP contribution in [0.1, 0.15) is 18.9 Å². The normalized spacial score (nSPS) is 21.7. The lowest BCUT2D eigenvalue weighted by Gasteiger charge is -2.35. The van der Waals surface area contributed by atoms with E-state index in [9.17, 15) is 4.39 Å². The quantitative estimate of drug-likeness (QED) is 0.895.